The van der Waals surface area contributed by atoms with Gasteiger partial charge in [-0.25, -0.2) is 4.79 Å². The highest BCUT2D eigenvalue weighted by Gasteiger charge is 2.58. The summed E-state index contributed by atoms with van der Waals surface area (Å²) in [5.41, 5.74) is 0.877. The fraction of sp³-hybridized carbons (Fsp3) is 0.933. The Morgan fingerprint density at radius 2 is 2.21 bits per heavy atom. The molecule has 3 fully saturated rings. The van der Waals surface area contributed by atoms with Gasteiger partial charge in [-0.15, -0.1) is 0 Å². The Hall–Kier alpha value is -0.770. The first kappa shape index (κ1) is 13.2. The lowest BCUT2D eigenvalue weighted by molar-refractivity contribution is 0.107. The molecule has 3 atom stereocenters. The molecule has 0 spiro atoms. The maximum atomic E-state index is 11.5. The monoisotopic (exact) mass is 265 g/mol. The SMILES string of the molecule is CC12CCC(C1)C(C)(C)C2NCCN1CCNC1=O. The van der Waals surface area contributed by atoms with Crippen LogP contribution in [0.1, 0.15) is 40.0 Å². The summed E-state index contributed by atoms with van der Waals surface area (Å²) in [7, 11) is 0. The Bertz CT molecular complexity index is 377. The van der Waals surface area contributed by atoms with Gasteiger partial charge in [-0.2, -0.15) is 0 Å². The van der Waals surface area contributed by atoms with E-state index in [0.29, 0.717) is 16.9 Å². The van der Waals surface area contributed by atoms with E-state index in [1.165, 1.54) is 19.3 Å². The molecule has 1 saturated heterocycles. The minimum absolute atomic E-state index is 0.0974. The lowest BCUT2D eigenvalue weighted by Crippen LogP contribution is -2.52. The molecular weight excluding hydrogens is 238 g/mol. The number of nitrogens with one attached hydrogen (secondary N) is 2. The largest absolute Gasteiger partial charge is 0.336 e. The number of amides is 2. The third kappa shape index (κ3) is 2.04. The summed E-state index contributed by atoms with van der Waals surface area (Å²) >= 11 is 0. The van der Waals surface area contributed by atoms with Crippen LogP contribution in [0.15, 0.2) is 0 Å². The van der Waals surface area contributed by atoms with Crippen molar-refractivity contribution in [3.8, 4) is 0 Å². The van der Waals surface area contributed by atoms with Crippen molar-refractivity contribution in [2.45, 2.75) is 46.1 Å². The number of hydrogen-bond donors (Lipinski definition) is 2. The maximum Gasteiger partial charge on any atom is 0.317 e. The maximum absolute atomic E-state index is 11.5. The molecule has 3 aliphatic rings. The highest BCUT2D eigenvalue weighted by atomic mass is 16.2. The normalized spacial score (nSPS) is 39.9. The Morgan fingerprint density at radius 1 is 1.42 bits per heavy atom. The predicted octanol–water partition coefficient (Wildman–Crippen LogP) is 1.82. The molecule has 0 aromatic carbocycles. The molecule has 2 aliphatic carbocycles. The van der Waals surface area contributed by atoms with E-state index in [-0.39, 0.29) is 6.03 Å². The Balaban J connectivity index is 1.56. The molecule has 108 valence electrons. The van der Waals surface area contributed by atoms with Crippen LogP contribution < -0.4 is 10.6 Å². The van der Waals surface area contributed by atoms with E-state index in [1.54, 1.807) is 0 Å². The Kier molecular flexibility index (Phi) is 3.04. The summed E-state index contributed by atoms with van der Waals surface area (Å²) in [5, 5.41) is 6.63. The first-order chi connectivity index (χ1) is 8.93. The summed E-state index contributed by atoms with van der Waals surface area (Å²) in [6.07, 6.45) is 4.14. The first-order valence-corrected chi connectivity index (χ1v) is 7.70. The van der Waals surface area contributed by atoms with E-state index in [2.05, 4.69) is 31.4 Å². The number of rotatable bonds is 4. The average Bonchev–Trinajstić information content (AvgIpc) is 2.95. The van der Waals surface area contributed by atoms with Gasteiger partial charge in [0.25, 0.3) is 0 Å². The second-order valence-corrected chi connectivity index (χ2v) is 7.52. The van der Waals surface area contributed by atoms with Crippen molar-refractivity contribution in [3.63, 3.8) is 0 Å². The average molecular weight is 265 g/mol. The fourth-order valence-corrected chi connectivity index (χ4v) is 4.88. The van der Waals surface area contributed by atoms with Crippen molar-refractivity contribution in [2.24, 2.45) is 16.7 Å². The third-order valence-electron chi connectivity index (χ3n) is 5.95. The Labute approximate surface area is 116 Å². The van der Waals surface area contributed by atoms with Crippen molar-refractivity contribution >= 4 is 6.03 Å². The van der Waals surface area contributed by atoms with Crippen LogP contribution in [0.25, 0.3) is 0 Å². The van der Waals surface area contributed by atoms with Gasteiger partial charge in [-0.05, 0) is 36.0 Å². The summed E-state index contributed by atoms with van der Waals surface area (Å²) in [6, 6.07) is 0.699. The number of carbonyl (C=O) groups excluding carboxylic acids is 1. The third-order valence-corrected chi connectivity index (χ3v) is 5.95. The van der Waals surface area contributed by atoms with Gasteiger partial charge in [-0.1, -0.05) is 20.8 Å². The molecule has 2 amide bonds. The van der Waals surface area contributed by atoms with Crippen molar-refractivity contribution < 1.29 is 4.79 Å². The van der Waals surface area contributed by atoms with Crippen LogP contribution >= 0.6 is 0 Å². The summed E-state index contributed by atoms with van der Waals surface area (Å²) in [5.74, 6) is 0.880. The van der Waals surface area contributed by atoms with Crippen LogP contribution in [-0.2, 0) is 0 Å². The van der Waals surface area contributed by atoms with Gasteiger partial charge in [0.15, 0.2) is 0 Å². The molecule has 3 rings (SSSR count). The summed E-state index contributed by atoms with van der Waals surface area (Å²) in [6.45, 7) is 10.7. The van der Waals surface area contributed by atoms with Gasteiger partial charge in [-0.3, -0.25) is 0 Å². The van der Waals surface area contributed by atoms with Crippen molar-refractivity contribution in [3.05, 3.63) is 0 Å². The lowest BCUT2D eigenvalue weighted by Gasteiger charge is -2.43. The zero-order chi connectivity index (χ0) is 13.7. The minimum atomic E-state index is 0.0974. The Morgan fingerprint density at radius 3 is 2.79 bits per heavy atom. The van der Waals surface area contributed by atoms with Gasteiger partial charge in [0.1, 0.15) is 0 Å². The zero-order valence-electron chi connectivity index (χ0n) is 12.5. The smallest absolute Gasteiger partial charge is 0.317 e. The lowest BCUT2D eigenvalue weighted by atomic mass is 9.68. The molecular formula is C15H27N3O. The highest BCUT2D eigenvalue weighted by Crippen LogP contribution is 2.62. The van der Waals surface area contributed by atoms with Crippen LogP contribution in [-0.4, -0.2) is 43.2 Å². The number of nitrogens with zero attached hydrogens (tertiary/aromatic N) is 1. The van der Waals surface area contributed by atoms with Crippen molar-refractivity contribution in [1.29, 1.82) is 0 Å². The van der Waals surface area contributed by atoms with Gasteiger partial charge >= 0.3 is 6.03 Å². The number of carbonyl (C=O) groups is 1. The molecule has 0 aromatic heterocycles. The molecule has 2 saturated carbocycles. The van der Waals surface area contributed by atoms with E-state index in [0.717, 1.165) is 32.1 Å². The standard InChI is InChI=1S/C15H27N3O/c1-14(2)11-4-5-15(3,10-11)12(14)16-6-8-18-9-7-17-13(18)19/h11-12,16H,4-10H2,1-3H3,(H,17,19). The van der Waals surface area contributed by atoms with E-state index < -0.39 is 0 Å². The minimum Gasteiger partial charge on any atom is -0.336 e. The van der Waals surface area contributed by atoms with Gasteiger partial charge in [0.05, 0.1) is 0 Å². The summed E-state index contributed by atoms with van der Waals surface area (Å²) in [4.78, 5) is 13.4. The van der Waals surface area contributed by atoms with E-state index in [9.17, 15) is 4.79 Å². The molecule has 2 N–H and O–H groups in total. The van der Waals surface area contributed by atoms with Gasteiger partial charge in [0.2, 0.25) is 0 Å². The number of hydrogen-bond acceptors (Lipinski definition) is 2. The number of urea groups is 1. The molecule has 1 heterocycles. The van der Waals surface area contributed by atoms with Crippen LogP contribution in [0.3, 0.4) is 0 Å². The van der Waals surface area contributed by atoms with Gasteiger partial charge < -0.3 is 15.5 Å². The molecule has 19 heavy (non-hydrogen) atoms. The molecule has 2 bridgehead atoms. The zero-order valence-corrected chi connectivity index (χ0v) is 12.5. The van der Waals surface area contributed by atoms with E-state index in [4.69, 9.17) is 0 Å². The van der Waals surface area contributed by atoms with Crippen LogP contribution in [0.4, 0.5) is 4.79 Å². The molecule has 3 unspecified atom stereocenters. The van der Waals surface area contributed by atoms with Crippen LogP contribution in [0, 0.1) is 16.7 Å². The second kappa shape index (κ2) is 4.37. The van der Waals surface area contributed by atoms with E-state index in [1.807, 2.05) is 4.90 Å². The van der Waals surface area contributed by atoms with Crippen LogP contribution in [0.2, 0.25) is 0 Å². The second-order valence-electron chi connectivity index (χ2n) is 7.52. The fourth-order valence-electron chi connectivity index (χ4n) is 4.88. The topological polar surface area (TPSA) is 44.4 Å². The number of fused-ring (bicyclic) bond motifs is 2. The first-order valence-electron chi connectivity index (χ1n) is 7.70. The molecule has 0 aromatic rings. The molecule has 1 aliphatic heterocycles. The molecule has 4 nitrogen and oxygen atoms in total. The van der Waals surface area contributed by atoms with Gasteiger partial charge in [0, 0.05) is 32.2 Å². The predicted molar refractivity (Wildman–Crippen MR) is 76.0 cm³/mol. The molecule has 0 radical (unpaired) electrons. The van der Waals surface area contributed by atoms with Crippen molar-refractivity contribution in [2.75, 3.05) is 26.2 Å². The quantitative estimate of drug-likeness (QED) is 0.814. The summed E-state index contributed by atoms with van der Waals surface area (Å²) < 4.78 is 0. The molecule has 4 heteroatoms. The van der Waals surface area contributed by atoms with E-state index >= 15 is 0 Å². The van der Waals surface area contributed by atoms with Crippen LogP contribution in [0.5, 0.6) is 0 Å². The van der Waals surface area contributed by atoms with Crippen molar-refractivity contribution in [1.82, 2.24) is 15.5 Å². The highest BCUT2D eigenvalue weighted by molar-refractivity contribution is 5.76.